The summed E-state index contributed by atoms with van der Waals surface area (Å²) in [4.78, 5) is 12.3. The molecule has 0 N–H and O–H groups in total. The highest BCUT2D eigenvalue weighted by molar-refractivity contribution is 7.89. The minimum Gasteiger partial charge on any atom is -0.426 e. The molecule has 0 aromatic heterocycles. The standard InChI is InChI=1S/C19H19Cl2NO4S/c1-13-2-5-16(6-3-13)26-19(23)14-8-10-22(11-9-14)27(24,25)18-12-15(20)4-7-17(18)21/h2-7,12,14H,8-11H2,1H3. The molecular formula is C19H19Cl2NO4S. The van der Waals surface area contributed by atoms with Crippen LogP contribution in [0, 0.1) is 12.8 Å². The molecule has 1 heterocycles. The van der Waals surface area contributed by atoms with Crippen molar-refractivity contribution in [1.29, 1.82) is 0 Å². The van der Waals surface area contributed by atoms with E-state index in [0.29, 0.717) is 23.6 Å². The lowest BCUT2D eigenvalue weighted by molar-refractivity contribution is -0.140. The molecule has 2 aromatic carbocycles. The van der Waals surface area contributed by atoms with Crippen molar-refractivity contribution in [3.8, 4) is 5.75 Å². The largest absolute Gasteiger partial charge is 0.426 e. The average molecular weight is 428 g/mol. The fourth-order valence-electron chi connectivity index (χ4n) is 2.95. The molecule has 2 aromatic rings. The Kier molecular flexibility index (Phi) is 6.11. The van der Waals surface area contributed by atoms with Crippen LogP contribution in [0.1, 0.15) is 18.4 Å². The van der Waals surface area contributed by atoms with Gasteiger partial charge in [-0.1, -0.05) is 40.9 Å². The van der Waals surface area contributed by atoms with Gasteiger partial charge in [0.2, 0.25) is 10.0 Å². The van der Waals surface area contributed by atoms with Crippen LogP contribution in [-0.4, -0.2) is 31.8 Å². The third-order valence-corrected chi connectivity index (χ3v) is 7.15. The van der Waals surface area contributed by atoms with E-state index in [2.05, 4.69) is 0 Å². The van der Waals surface area contributed by atoms with E-state index >= 15 is 0 Å². The van der Waals surface area contributed by atoms with Crippen molar-refractivity contribution in [1.82, 2.24) is 4.31 Å². The predicted octanol–water partition coefficient (Wildman–Crippen LogP) is 4.31. The Labute approximate surface area is 168 Å². The van der Waals surface area contributed by atoms with Gasteiger partial charge in [0.15, 0.2) is 0 Å². The van der Waals surface area contributed by atoms with Crippen molar-refractivity contribution < 1.29 is 17.9 Å². The summed E-state index contributed by atoms with van der Waals surface area (Å²) < 4.78 is 32.4. The van der Waals surface area contributed by atoms with Crippen LogP contribution in [0.2, 0.25) is 10.0 Å². The molecular weight excluding hydrogens is 409 g/mol. The van der Waals surface area contributed by atoms with Crippen LogP contribution in [-0.2, 0) is 14.8 Å². The molecule has 1 aliphatic heterocycles. The summed E-state index contributed by atoms with van der Waals surface area (Å²) in [7, 11) is -3.76. The zero-order valence-electron chi connectivity index (χ0n) is 14.7. The molecule has 0 bridgehead atoms. The van der Waals surface area contributed by atoms with Crippen molar-refractivity contribution in [3.63, 3.8) is 0 Å². The van der Waals surface area contributed by atoms with E-state index in [1.54, 1.807) is 12.1 Å². The van der Waals surface area contributed by atoms with Crippen LogP contribution in [0.15, 0.2) is 47.4 Å². The van der Waals surface area contributed by atoms with Gasteiger partial charge in [-0.25, -0.2) is 8.42 Å². The number of halogens is 2. The Morgan fingerprint density at radius 3 is 2.33 bits per heavy atom. The van der Waals surface area contributed by atoms with Gasteiger partial charge in [-0.15, -0.1) is 0 Å². The lowest BCUT2D eigenvalue weighted by Gasteiger charge is -2.30. The smallest absolute Gasteiger partial charge is 0.314 e. The lowest BCUT2D eigenvalue weighted by Crippen LogP contribution is -2.41. The molecule has 3 rings (SSSR count). The highest BCUT2D eigenvalue weighted by atomic mass is 35.5. The zero-order chi connectivity index (χ0) is 19.6. The highest BCUT2D eigenvalue weighted by Crippen LogP contribution is 2.30. The number of sulfonamides is 1. The van der Waals surface area contributed by atoms with Gasteiger partial charge in [0.25, 0.3) is 0 Å². The van der Waals surface area contributed by atoms with Crippen LogP contribution in [0.25, 0.3) is 0 Å². The minimum absolute atomic E-state index is 0.0163. The van der Waals surface area contributed by atoms with Crippen molar-refractivity contribution in [3.05, 3.63) is 58.1 Å². The topological polar surface area (TPSA) is 63.7 Å². The first kappa shape index (κ1) is 20.1. The molecule has 0 atom stereocenters. The second kappa shape index (κ2) is 8.19. The molecule has 0 spiro atoms. The minimum atomic E-state index is -3.76. The number of esters is 1. The summed E-state index contributed by atoms with van der Waals surface area (Å²) in [5, 5.41) is 0.426. The van der Waals surface area contributed by atoms with Crippen molar-refractivity contribution in [2.75, 3.05) is 13.1 Å². The number of piperidine rings is 1. The maximum atomic E-state index is 12.8. The normalized spacial score (nSPS) is 16.3. The number of aryl methyl sites for hydroxylation is 1. The number of ether oxygens (including phenoxy) is 1. The summed E-state index contributed by atoms with van der Waals surface area (Å²) in [6.07, 6.45) is 0.782. The van der Waals surface area contributed by atoms with Gasteiger partial charge < -0.3 is 4.74 Å². The first-order valence-corrected chi connectivity index (χ1v) is 10.7. The molecule has 5 nitrogen and oxygen atoms in total. The molecule has 144 valence electrons. The van der Waals surface area contributed by atoms with Crippen LogP contribution >= 0.6 is 23.2 Å². The molecule has 1 aliphatic rings. The van der Waals surface area contributed by atoms with Crippen LogP contribution in [0.3, 0.4) is 0 Å². The second-order valence-electron chi connectivity index (χ2n) is 6.49. The van der Waals surface area contributed by atoms with Gasteiger partial charge in [0.05, 0.1) is 10.9 Å². The van der Waals surface area contributed by atoms with Crippen LogP contribution in [0.5, 0.6) is 5.75 Å². The van der Waals surface area contributed by atoms with Gasteiger partial charge in [-0.05, 0) is 50.1 Å². The first-order chi connectivity index (χ1) is 12.8. The Morgan fingerprint density at radius 1 is 1.07 bits per heavy atom. The van der Waals surface area contributed by atoms with E-state index < -0.39 is 10.0 Å². The third kappa shape index (κ3) is 4.63. The fraction of sp³-hybridized carbons (Fsp3) is 0.316. The first-order valence-electron chi connectivity index (χ1n) is 8.51. The summed E-state index contributed by atoms with van der Waals surface area (Å²) in [5.41, 5.74) is 1.08. The van der Waals surface area contributed by atoms with Gasteiger partial charge in [0, 0.05) is 18.1 Å². The highest BCUT2D eigenvalue weighted by Gasteiger charge is 2.34. The fourth-order valence-corrected chi connectivity index (χ4v) is 5.16. The maximum absolute atomic E-state index is 12.8. The molecule has 0 amide bonds. The van der Waals surface area contributed by atoms with E-state index in [0.717, 1.165) is 5.56 Å². The Bertz CT molecular complexity index is 937. The Balaban J connectivity index is 1.65. The zero-order valence-corrected chi connectivity index (χ0v) is 17.0. The van der Waals surface area contributed by atoms with Gasteiger partial charge in [0.1, 0.15) is 10.6 Å². The van der Waals surface area contributed by atoms with E-state index in [9.17, 15) is 13.2 Å². The number of rotatable bonds is 4. The van der Waals surface area contributed by atoms with Crippen molar-refractivity contribution >= 4 is 39.2 Å². The summed E-state index contributed by atoms with van der Waals surface area (Å²) >= 11 is 12.0. The van der Waals surface area contributed by atoms with Crippen LogP contribution in [0.4, 0.5) is 0 Å². The molecule has 0 saturated carbocycles. The van der Waals surface area contributed by atoms with Crippen LogP contribution < -0.4 is 4.74 Å². The molecule has 0 radical (unpaired) electrons. The van der Waals surface area contributed by atoms with E-state index in [1.165, 1.54) is 22.5 Å². The van der Waals surface area contributed by atoms with Crippen molar-refractivity contribution in [2.45, 2.75) is 24.7 Å². The number of hydrogen-bond acceptors (Lipinski definition) is 4. The third-order valence-electron chi connectivity index (χ3n) is 4.54. The average Bonchev–Trinajstić information content (AvgIpc) is 2.65. The number of benzene rings is 2. The quantitative estimate of drug-likeness (QED) is 0.538. The van der Waals surface area contributed by atoms with Crippen molar-refractivity contribution in [2.24, 2.45) is 5.92 Å². The number of carbonyl (C=O) groups excluding carboxylic acids is 1. The Morgan fingerprint density at radius 2 is 1.70 bits per heavy atom. The molecule has 1 fully saturated rings. The van der Waals surface area contributed by atoms with Gasteiger partial charge in [-0.2, -0.15) is 4.31 Å². The Hall–Kier alpha value is -1.60. The number of carbonyl (C=O) groups is 1. The maximum Gasteiger partial charge on any atom is 0.314 e. The number of hydrogen-bond donors (Lipinski definition) is 0. The van der Waals surface area contributed by atoms with E-state index in [1.807, 2.05) is 19.1 Å². The molecule has 0 aliphatic carbocycles. The van der Waals surface area contributed by atoms with E-state index in [-0.39, 0.29) is 34.9 Å². The molecule has 1 saturated heterocycles. The SMILES string of the molecule is Cc1ccc(OC(=O)C2CCN(S(=O)(=O)c3cc(Cl)ccc3Cl)CC2)cc1. The summed E-state index contributed by atoms with van der Waals surface area (Å²) in [6, 6.07) is 11.6. The molecule has 27 heavy (non-hydrogen) atoms. The van der Waals surface area contributed by atoms with Gasteiger partial charge >= 0.3 is 5.97 Å². The number of nitrogens with zero attached hydrogens (tertiary/aromatic N) is 1. The van der Waals surface area contributed by atoms with Gasteiger partial charge in [-0.3, -0.25) is 4.79 Å². The molecule has 8 heteroatoms. The lowest BCUT2D eigenvalue weighted by atomic mass is 9.98. The summed E-state index contributed by atoms with van der Waals surface area (Å²) in [5.74, 6) is -0.185. The second-order valence-corrected chi connectivity index (χ2v) is 9.24. The summed E-state index contributed by atoms with van der Waals surface area (Å²) in [6.45, 7) is 2.39. The monoisotopic (exact) mass is 427 g/mol. The van der Waals surface area contributed by atoms with E-state index in [4.69, 9.17) is 27.9 Å². The molecule has 0 unspecified atom stereocenters. The predicted molar refractivity (Wildman–Crippen MR) is 105 cm³/mol.